The number of ether oxygens (including phenoxy) is 1. The monoisotopic (exact) mass is 270 g/mol. The van der Waals surface area contributed by atoms with Crippen LogP contribution in [0.2, 0.25) is 0 Å². The first-order chi connectivity index (χ1) is 8.70. The van der Waals surface area contributed by atoms with Gasteiger partial charge in [0.1, 0.15) is 0 Å². The van der Waals surface area contributed by atoms with Crippen LogP contribution in [0.25, 0.3) is 0 Å². The number of nitrogens with one attached hydrogen (secondary N) is 2. The molecule has 0 spiro atoms. The summed E-state index contributed by atoms with van der Waals surface area (Å²) in [6, 6.07) is 3.05. The topological polar surface area (TPSA) is 87.7 Å². The van der Waals surface area contributed by atoms with E-state index in [9.17, 15) is 9.59 Å². The Bertz CT molecular complexity index is 440. The average molecular weight is 270 g/mol. The van der Waals surface area contributed by atoms with Crippen LogP contribution in [0.5, 0.6) is 0 Å². The van der Waals surface area contributed by atoms with Gasteiger partial charge in [0.25, 0.3) is 11.8 Å². The van der Waals surface area contributed by atoms with Crippen molar-refractivity contribution in [2.75, 3.05) is 13.2 Å². The second kappa shape index (κ2) is 5.94. The Balaban J connectivity index is 1.88. The minimum atomic E-state index is -0.613. The van der Waals surface area contributed by atoms with Crippen molar-refractivity contribution in [2.24, 2.45) is 0 Å². The zero-order valence-electron chi connectivity index (χ0n) is 9.64. The first kappa shape index (κ1) is 13.0. The van der Waals surface area contributed by atoms with Crippen molar-refractivity contribution in [3.05, 3.63) is 21.9 Å². The fraction of sp³-hybridized carbons (Fsp3) is 0.455. The minimum Gasteiger partial charge on any atom is -0.376 e. The fourth-order valence-corrected chi connectivity index (χ4v) is 2.55. The predicted molar refractivity (Wildman–Crippen MR) is 64.9 cm³/mol. The highest BCUT2D eigenvalue weighted by Gasteiger charge is 2.18. The minimum absolute atomic E-state index is 0.0918. The molecule has 0 aliphatic carbocycles. The van der Waals surface area contributed by atoms with Crippen LogP contribution in [0.3, 0.4) is 0 Å². The van der Waals surface area contributed by atoms with Crippen molar-refractivity contribution in [2.45, 2.75) is 18.9 Å². The van der Waals surface area contributed by atoms with Crippen molar-refractivity contribution >= 4 is 23.2 Å². The van der Waals surface area contributed by atoms with Gasteiger partial charge in [0.05, 0.1) is 15.9 Å². The molecule has 0 bridgehead atoms. The maximum atomic E-state index is 11.8. The van der Waals surface area contributed by atoms with Crippen molar-refractivity contribution < 1.29 is 19.5 Å². The summed E-state index contributed by atoms with van der Waals surface area (Å²) in [6.45, 7) is 1.23. The van der Waals surface area contributed by atoms with E-state index >= 15 is 0 Å². The molecule has 0 radical (unpaired) electrons. The summed E-state index contributed by atoms with van der Waals surface area (Å²) >= 11 is 1.03. The van der Waals surface area contributed by atoms with E-state index in [0.29, 0.717) is 16.3 Å². The molecule has 1 fully saturated rings. The normalized spacial score (nSPS) is 18.6. The van der Waals surface area contributed by atoms with Gasteiger partial charge in [0.2, 0.25) is 0 Å². The Morgan fingerprint density at radius 3 is 2.72 bits per heavy atom. The van der Waals surface area contributed by atoms with Gasteiger partial charge in [0.15, 0.2) is 0 Å². The van der Waals surface area contributed by atoms with Crippen LogP contribution in [0.4, 0.5) is 0 Å². The second-order valence-corrected chi connectivity index (χ2v) is 5.03. The van der Waals surface area contributed by atoms with Gasteiger partial charge in [0, 0.05) is 13.2 Å². The lowest BCUT2D eigenvalue weighted by molar-refractivity contribution is 0.0711. The van der Waals surface area contributed by atoms with Crippen LogP contribution in [0, 0.1) is 0 Å². The molecule has 1 aliphatic heterocycles. The Hall–Kier alpha value is -1.44. The van der Waals surface area contributed by atoms with Gasteiger partial charge in [-0.1, -0.05) is 0 Å². The number of hydrogen-bond acceptors (Lipinski definition) is 5. The zero-order valence-corrected chi connectivity index (χ0v) is 10.5. The molecule has 2 rings (SSSR count). The summed E-state index contributed by atoms with van der Waals surface area (Å²) in [4.78, 5) is 23.6. The first-order valence-corrected chi connectivity index (χ1v) is 6.46. The molecule has 2 amide bonds. The molecule has 6 nitrogen and oxygen atoms in total. The highest BCUT2D eigenvalue weighted by Crippen LogP contribution is 2.16. The molecule has 0 saturated carbocycles. The zero-order chi connectivity index (χ0) is 13.0. The maximum absolute atomic E-state index is 11.8. The van der Waals surface area contributed by atoms with Crippen LogP contribution in [-0.2, 0) is 4.74 Å². The van der Waals surface area contributed by atoms with E-state index in [-0.39, 0.29) is 12.0 Å². The van der Waals surface area contributed by atoms with Gasteiger partial charge in [-0.15, -0.1) is 11.3 Å². The average Bonchev–Trinajstić information content (AvgIpc) is 3.05. The number of carbonyl (C=O) groups is 2. The van der Waals surface area contributed by atoms with E-state index in [4.69, 9.17) is 9.94 Å². The molecule has 1 atom stereocenters. The van der Waals surface area contributed by atoms with Crippen LogP contribution >= 0.6 is 11.3 Å². The largest absolute Gasteiger partial charge is 0.376 e. The van der Waals surface area contributed by atoms with Crippen LogP contribution in [-0.4, -0.2) is 36.3 Å². The third-order valence-corrected chi connectivity index (χ3v) is 3.75. The van der Waals surface area contributed by atoms with Gasteiger partial charge in [-0.2, -0.15) is 0 Å². The molecule has 7 heteroatoms. The summed E-state index contributed by atoms with van der Waals surface area (Å²) in [6.07, 6.45) is 2.08. The number of hydroxylamine groups is 1. The maximum Gasteiger partial charge on any atom is 0.284 e. The van der Waals surface area contributed by atoms with Gasteiger partial charge < -0.3 is 10.1 Å². The lowest BCUT2D eigenvalue weighted by Crippen LogP contribution is -2.31. The predicted octanol–water partition coefficient (Wildman–Crippen LogP) is 0.776. The molecular formula is C11H14N2O4S. The van der Waals surface area contributed by atoms with Gasteiger partial charge in [-0.05, 0) is 25.0 Å². The summed E-state index contributed by atoms with van der Waals surface area (Å²) in [5.74, 6) is -0.842. The lowest BCUT2D eigenvalue weighted by Gasteiger charge is -2.09. The second-order valence-electron chi connectivity index (χ2n) is 3.95. The van der Waals surface area contributed by atoms with Crippen molar-refractivity contribution in [1.29, 1.82) is 0 Å². The Labute approximate surface area is 108 Å². The Morgan fingerprint density at radius 1 is 1.39 bits per heavy atom. The highest BCUT2D eigenvalue weighted by molar-refractivity contribution is 7.15. The molecule has 2 heterocycles. The molecule has 1 unspecified atom stereocenters. The van der Waals surface area contributed by atoms with E-state index in [1.165, 1.54) is 11.5 Å². The highest BCUT2D eigenvalue weighted by atomic mass is 32.1. The van der Waals surface area contributed by atoms with E-state index in [0.717, 1.165) is 30.8 Å². The molecule has 3 N–H and O–H groups in total. The number of rotatable bonds is 4. The summed E-state index contributed by atoms with van der Waals surface area (Å²) in [7, 11) is 0. The molecular weight excluding hydrogens is 256 g/mol. The van der Waals surface area contributed by atoms with Crippen LogP contribution in [0.1, 0.15) is 32.2 Å². The van der Waals surface area contributed by atoms with Gasteiger partial charge in [-0.3, -0.25) is 14.8 Å². The van der Waals surface area contributed by atoms with Crippen molar-refractivity contribution in [3.63, 3.8) is 0 Å². The molecule has 18 heavy (non-hydrogen) atoms. The molecule has 1 aromatic heterocycles. The standard InChI is InChI=1S/C11H14N2O4S/c14-10(12-6-7-2-1-5-17-7)8-3-4-9(18-8)11(15)13-16/h3-4,7,16H,1-2,5-6H2,(H,12,14)(H,13,15). The summed E-state index contributed by atoms with van der Waals surface area (Å²) in [5, 5.41) is 11.2. The van der Waals surface area contributed by atoms with E-state index in [2.05, 4.69) is 5.32 Å². The van der Waals surface area contributed by atoms with Crippen LogP contribution in [0.15, 0.2) is 12.1 Å². The van der Waals surface area contributed by atoms with Gasteiger partial charge >= 0.3 is 0 Å². The molecule has 0 aromatic carbocycles. The molecule has 1 aromatic rings. The molecule has 1 saturated heterocycles. The van der Waals surface area contributed by atoms with Crippen LogP contribution < -0.4 is 10.8 Å². The molecule has 1 aliphatic rings. The third kappa shape index (κ3) is 3.06. The van der Waals surface area contributed by atoms with E-state index < -0.39 is 5.91 Å². The SMILES string of the molecule is O=C(NO)c1ccc(C(=O)NCC2CCCO2)s1. The number of carbonyl (C=O) groups excluding carboxylic acids is 2. The quantitative estimate of drug-likeness (QED) is 0.557. The van der Waals surface area contributed by atoms with E-state index in [1.54, 1.807) is 6.07 Å². The number of amides is 2. The smallest absolute Gasteiger partial charge is 0.284 e. The number of thiophene rings is 1. The summed E-state index contributed by atoms with van der Waals surface area (Å²) in [5.41, 5.74) is 1.53. The third-order valence-electron chi connectivity index (χ3n) is 2.67. The number of hydrogen-bond donors (Lipinski definition) is 3. The van der Waals surface area contributed by atoms with Gasteiger partial charge in [-0.25, -0.2) is 5.48 Å². The lowest BCUT2D eigenvalue weighted by atomic mass is 10.2. The Morgan fingerprint density at radius 2 is 2.11 bits per heavy atom. The summed E-state index contributed by atoms with van der Waals surface area (Å²) < 4.78 is 5.39. The van der Waals surface area contributed by atoms with E-state index in [1.807, 2.05) is 0 Å². The first-order valence-electron chi connectivity index (χ1n) is 5.65. The van der Waals surface area contributed by atoms with Crippen molar-refractivity contribution in [1.82, 2.24) is 10.8 Å². The Kier molecular flexibility index (Phi) is 4.29. The fourth-order valence-electron chi connectivity index (χ4n) is 1.74. The molecule has 98 valence electrons. The van der Waals surface area contributed by atoms with Crippen molar-refractivity contribution in [3.8, 4) is 0 Å².